The minimum Gasteiger partial charge on any atom is -0.485 e. The Kier molecular flexibility index (Phi) is 8.24. The molecule has 9 heteroatoms. The number of benzene rings is 3. The Morgan fingerprint density at radius 3 is 2.50 bits per heavy atom. The summed E-state index contributed by atoms with van der Waals surface area (Å²) < 4.78 is 33.4. The van der Waals surface area contributed by atoms with Gasteiger partial charge in [0.1, 0.15) is 6.61 Å². The largest absolute Gasteiger partial charge is 0.485 e. The number of carbonyl (C=O) groups excluding carboxylic acids is 1. The number of aromatic nitrogens is 1. The standard InChI is InChI=1S/C33H34FN3O4S/c1-33(2)20-40-31(41-21-33)26-16-24(17-27(34)29(26)39-19-22-8-4-3-5-9-22)30(38)36-32-35-18-28(42-32)23-10-12-25(13-11-23)37-14-6-7-15-37/h3-5,8-13,16-18,31H,6-7,14-15,19-21H2,1-2H3,(H,35,36,38). The lowest BCUT2D eigenvalue weighted by molar-refractivity contribution is -0.226. The molecule has 3 heterocycles. The molecule has 0 aliphatic carbocycles. The van der Waals surface area contributed by atoms with Gasteiger partial charge >= 0.3 is 0 Å². The van der Waals surface area contributed by atoms with E-state index in [2.05, 4.69) is 39.5 Å². The summed E-state index contributed by atoms with van der Waals surface area (Å²) in [5.74, 6) is -1.14. The van der Waals surface area contributed by atoms with Crippen LogP contribution in [0.5, 0.6) is 5.75 Å². The molecule has 1 N–H and O–H groups in total. The Balaban J connectivity index is 1.20. The van der Waals surface area contributed by atoms with E-state index < -0.39 is 18.0 Å². The van der Waals surface area contributed by atoms with Crippen LogP contribution in [0.2, 0.25) is 0 Å². The Morgan fingerprint density at radius 1 is 1.07 bits per heavy atom. The van der Waals surface area contributed by atoms with Crippen LogP contribution in [0, 0.1) is 11.2 Å². The maximum Gasteiger partial charge on any atom is 0.257 e. The minimum atomic E-state index is -0.860. The fraction of sp³-hybridized carbons (Fsp3) is 0.333. The van der Waals surface area contributed by atoms with Gasteiger partial charge in [-0.15, -0.1) is 0 Å². The lowest BCUT2D eigenvalue weighted by atomic mass is 9.95. The van der Waals surface area contributed by atoms with Crippen LogP contribution >= 0.6 is 11.3 Å². The fourth-order valence-electron chi connectivity index (χ4n) is 5.12. The first kappa shape index (κ1) is 28.3. The molecule has 0 unspecified atom stereocenters. The van der Waals surface area contributed by atoms with Crippen molar-refractivity contribution in [2.45, 2.75) is 39.6 Å². The summed E-state index contributed by atoms with van der Waals surface area (Å²) >= 11 is 1.37. The molecule has 2 aliphatic heterocycles. The van der Waals surface area contributed by atoms with Crippen LogP contribution in [-0.2, 0) is 16.1 Å². The van der Waals surface area contributed by atoms with Crippen molar-refractivity contribution >= 4 is 28.1 Å². The number of nitrogens with zero attached hydrogens (tertiary/aromatic N) is 2. The lowest BCUT2D eigenvalue weighted by Gasteiger charge is -2.35. The zero-order valence-corrected chi connectivity index (χ0v) is 24.6. The summed E-state index contributed by atoms with van der Waals surface area (Å²) in [6, 6.07) is 20.7. The van der Waals surface area contributed by atoms with Crippen molar-refractivity contribution in [3.05, 3.63) is 95.4 Å². The molecule has 1 amide bonds. The van der Waals surface area contributed by atoms with Crippen molar-refractivity contribution in [1.82, 2.24) is 4.98 Å². The van der Waals surface area contributed by atoms with Gasteiger partial charge in [0, 0.05) is 36.0 Å². The van der Waals surface area contributed by atoms with E-state index in [1.54, 1.807) is 12.3 Å². The van der Waals surface area contributed by atoms with Crippen LogP contribution in [0.15, 0.2) is 72.9 Å². The summed E-state index contributed by atoms with van der Waals surface area (Å²) in [6.07, 6.45) is 3.34. The Bertz CT molecular complexity index is 1520. The van der Waals surface area contributed by atoms with E-state index in [1.807, 2.05) is 44.2 Å². The van der Waals surface area contributed by atoms with Gasteiger partial charge < -0.3 is 19.1 Å². The predicted octanol–water partition coefficient (Wildman–Crippen LogP) is 7.45. The highest BCUT2D eigenvalue weighted by molar-refractivity contribution is 7.19. The normalized spacial score (nSPS) is 16.9. The average molecular weight is 588 g/mol. The van der Waals surface area contributed by atoms with Crippen LogP contribution in [-0.4, -0.2) is 37.2 Å². The van der Waals surface area contributed by atoms with Crippen LogP contribution < -0.4 is 15.0 Å². The Hall–Kier alpha value is -3.79. The highest BCUT2D eigenvalue weighted by Crippen LogP contribution is 2.38. The SMILES string of the molecule is CC1(C)COC(c2cc(C(=O)Nc3ncc(-c4ccc(N5CCCC5)cc4)s3)cc(F)c2OCc2ccccc2)OC1. The molecular weight excluding hydrogens is 553 g/mol. The second kappa shape index (κ2) is 12.2. The maximum atomic E-state index is 15.6. The third-order valence-corrected chi connectivity index (χ3v) is 8.38. The molecule has 0 atom stereocenters. The molecule has 2 fully saturated rings. The van der Waals surface area contributed by atoms with Crippen molar-refractivity contribution in [3.8, 4) is 16.2 Å². The summed E-state index contributed by atoms with van der Waals surface area (Å²) in [6.45, 7) is 7.26. The number of carbonyl (C=O) groups is 1. The summed E-state index contributed by atoms with van der Waals surface area (Å²) in [5, 5.41) is 3.25. The van der Waals surface area contributed by atoms with Gasteiger partial charge in [0.2, 0.25) is 0 Å². The molecule has 0 radical (unpaired) electrons. The quantitative estimate of drug-likeness (QED) is 0.231. The maximum absolute atomic E-state index is 15.6. The predicted molar refractivity (Wildman–Crippen MR) is 163 cm³/mol. The molecule has 6 rings (SSSR count). The number of thiazole rings is 1. The van der Waals surface area contributed by atoms with Crippen molar-refractivity contribution in [1.29, 1.82) is 0 Å². The van der Waals surface area contributed by atoms with Gasteiger partial charge in [-0.2, -0.15) is 0 Å². The molecule has 42 heavy (non-hydrogen) atoms. The Morgan fingerprint density at radius 2 is 1.79 bits per heavy atom. The van der Waals surface area contributed by atoms with Gasteiger partial charge in [-0.25, -0.2) is 9.37 Å². The molecule has 0 bridgehead atoms. The second-order valence-corrected chi connectivity index (χ2v) is 12.5. The molecule has 0 saturated carbocycles. The number of hydrogen-bond acceptors (Lipinski definition) is 7. The summed E-state index contributed by atoms with van der Waals surface area (Å²) in [4.78, 5) is 21.0. The van der Waals surface area contributed by atoms with Crippen LogP contribution in [0.3, 0.4) is 0 Å². The summed E-state index contributed by atoms with van der Waals surface area (Å²) in [5.41, 5.74) is 3.42. The zero-order chi connectivity index (χ0) is 29.1. The van der Waals surface area contributed by atoms with Gasteiger partial charge in [-0.3, -0.25) is 10.1 Å². The van der Waals surface area contributed by atoms with Crippen LogP contribution in [0.4, 0.5) is 15.2 Å². The number of halogens is 1. The molecule has 2 aliphatic rings. The highest BCUT2D eigenvalue weighted by Gasteiger charge is 2.32. The number of amides is 1. The van der Waals surface area contributed by atoms with E-state index in [9.17, 15) is 4.79 Å². The van der Waals surface area contributed by atoms with Crippen molar-refractivity contribution in [3.63, 3.8) is 0 Å². The Labute approximate surface area is 249 Å². The molecule has 0 spiro atoms. The first-order valence-electron chi connectivity index (χ1n) is 14.2. The summed E-state index contributed by atoms with van der Waals surface area (Å²) in [7, 11) is 0. The smallest absolute Gasteiger partial charge is 0.257 e. The third kappa shape index (κ3) is 6.48. The monoisotopic (exact) mass is 587 g/mol. The number of anilines is 2. The van der Waals surface area contributed by atoms with Crippen LogP contribution in [0.1, 0.15) is 54.5 Å². The van der Waals surface area contributed by atoms with Crippen molar-refractivity contribution in [2.75, 3.05) is 36.5 Å². The molecule has 218 valence electrons. The number of nitrogens with one attached hydrogen (secondary N) is 1. The molecule has 3 aromatic carbocycles. The van der Waals surface area contributed by atoms with Gasteiger partial charge in [0.25, 0.3) is 5.91 Å². The first-order chi connectivity index (χ1) is 20.3. The molecule has 1 aromatic heterocycles. The lowest BCUT2D eigenvalue weighted by Crippen LogP contribution is -2.34. The second-order valence-electron chi connectivity index (χ2n) is 11.5. The van der Waals surface area contributed by atoms with E-state index in [1.165, 1.54) is 35.9 Å². The molecule has 7 nitrogen and oxygen atoms in total. The van der Waals surface area contributed by atoms with E-state index in [4.69, 9.17) is 14.2 Å². The first-order valence-corrected chi connectivity index (χ1v) is 15.0. The number of ether oxygens (including phenoxy) is 3. The molecule has 4 aromatic rings. The third-order valence-electron chi connectivity index (χ3n) is 7.41. The van der Waals surface area contributed by atoms with E-state index in [-0.39, 0.29) is 23.3 Å². The number of hydrogen-bond donors (Lipinski definition) is 1. The van der Waals surface area contributed by atoms with E-state index in [0.717, 1.165) is 29.1 Å². The van der Waals surface area contributed by atoms with Gasteiger partial charge in [0.15, 0.2) is 23.0 Å². The van der Waals surface area contributed by atoms with E-state index >= 15 is 4.39 Å². The van der Waals surface area contributed by atoms with Crippen LogP contribution in [0.25, 0.3) is 10.4 Å². The van der Waals surface area contributed by atoms with Crippen molar-refractivity contribution in [2.24, 2.45) is 5.41 Å². The van der Waals surface area contributed by atoms with E-state index in [0.29, 0.717) is 23.9 Å². The van der Waals surface area contributed by atoms with Gasteiger partial charge in [0.05, 0.1) is 23.7 Å². The molecular formula is C33H34FN3O4S. The average Bonchev–Trinajstić information content (AvgIpc) is 3.70. The van der Waals surface area contributed by atoms with Gasteiger partial charge in [-0.1, -0.05) is 67.6 Å². The fourth-order valence-corrected chi connectivity index (χ4v) is 5.94. The van der Waals surface area contributed by atoms with Crippen molar-refractivity contribution < 1.29 is 23.4 Å². The number of rotatable bonds is 8. The highest BCUT2D eigenvalue weighted by atomic mass is 32.1. The molecule has 2 saturated heterocycles. The van der Waals surface area contributed by atoms with Gasteiger partial charge in [-0.05, 0) is 48.2 Å². The zero-order valence-electron chi connectivity index (χ0n) is 23.8. The topological polar surface area (TPSA) is 72.9 Å². The minimum absolute atomic E-state index is 0.00835.